The fourth-order valence-corrected chi connectivity index (χ4v) is 3.62. The van der Waals surface area contributed by atoms with Gasteiger partial charge in [0.15, 0.2) is 19.8 Å². The molecule has 152 valence electrons. The van der Waals surface area contributed by atoms with E-state index >= 15 is 0 Å². The number of aromatic amines is 1. The molecule has 0 radical (unpaired) electrons. The minimum absolute atomic E-state index is 0.00323. The third-order valence-electron chi connectivity index (χ3n) is 5.16. The standard InChI is InChI=1S/C20H33NO5Si/c1-10-13(2)11-16(26-27(8,9)20(3,4)5)14-12-15(22)18(24-6)17(21-14)19(23)25-7/h12,16H,2,10-11H2,1,3-9H3,(H,21,22). The molecule has 6 nitrogen and oxygen atoms in total. The first kappa shape index (κ1) is 23.2. The van der Waals surface area contributed by atoms with E-state index in [1.807, 2.05) is 6.92 Å². The quantitative estimate of drug-likeness (QED) is 0.396. The maximum Gasteiger partial charge on any atom is 0.358 e. The molecule has 0 saturated carbocycles. The summed E-state index contributed by atoms with van der Waals surface area (Å²) in [5.41, 5.74) is 1.14. The Bertz CT molecular complexity index is 746. The Morgan fingerprint density at radius 2 is 1.89 bits per heavy atom. The van der Waals surface area contributed by atoms with E-state index in [2.05, 4.69) is 45.4 Å². The number of carbonyl (C=O) groups excluding carboxylic acids is 1. The van der Waals surface area contributed by atoms with Crippen LogP contribution in [0.25, 0.3) is 0 Å². The van der Waals surface area contributed by atoms with Crippen LogP contribution in [-0.2, 0) is 9.16 Å². The molecule has 0 aromatic carbocycles. The Hall–Kier alpha value is -1.86. The van der Waals surface area contributed by atoms with Gasteiger partial charge < -0.3 is 18.9 Å². The fourth-order valence-electron chi connectivity index (χ4n) is 2.34. The highest BCUT2D eigenvalue weighted by Gasteiger charge is 2.40. The molecule has 0 aliphatic carbocycles. The number of pyridine rings is 1. The highest BCUT2D eigenvalue weighted by atomic mass is 28.4. The van der Waals surface area contributed by atoms with Crippen LogP contribution in [0.2, 0.25) is 18.1 Å². The summed E-state index contributed by atoms with van der Waals surface area (Å²) in [4.78, 5) is 27.7. The zero-order chi connectivity index (χ0) is 21.0. The van der Waals surface area contributed by atoms with E-state index in [1.165, 1.54) is 20.3 Å². The molecule has 0 saturated heterocycles. The number of esters is 1. The molecule has 0 amide bonds. The maximum absolute atomic E-state index is 12.5. The monoisotopic (exact) mass is 395 g/mol. The third kappa shape index (κ3) is 5.56. The number of aromatic nitrogens is 1. The molecular formula is C20H33NO5Si. The first-order valence-corrected chi connectivity index (χ1v) is 12.0. The molecule has 0 aliphatic heterocycles. The minimum Gasteiger partial charge on any atom is -0.491 e. The lowest BCUT2D eigenvalue weighted by Crippen LogP contribution is -2.42. The molecule has 0 spiro atoms. The number of hydrogen-bond donors (Lipinski definition) is 1. The van der Waals surface area contributed by atoms with E-state index in [9.17, 15) is 9.59 Å². The Morgan fingerprint density at radius 1 is 1.30 bits per heavy atom. The lowest BCUT2D eigenvalue weighted by atomic mass is 10.0. The van der Waals surface area contributed by atoms with E-state index in [0.717, 1.165) is 12.0 Å². The summed E-state index contributed by atoms with van der Waals surface area (Å²) in [7, 11) is 0.473. The van der Waals surface area contributed by atoms with Gasteiger partial charge in [0, 0.05) is 11.8 Å². The Balaban J connectivity index is 3.50. The number of carbonyl (C=O) groups is 1. The predicted molar refractivity (Wildman–Crippen MR) is 110 cm³/mol. The van der Waals surface area contributed by atoms with Crippen molar-refractivity contribution in [3.05, 3.63) is 39.8 Å². The van der Waals surface area contributed by atoms with Gasteiger partial charge in [0.1, 0.15) is 0 Å². The summed E-state index contributed by atoms with van der Waals surface area (Å²) in [6.07, 6.45) is 0.966. The Kier molecular flexibility index (Phi) is 7.63. The van der Waals surface area contributed by atoms with Crippen molar-refractivity contribution in [2.75, 3.05) is 14.2 Å². The van der Waals surface area contributed by atoms with Crippen LogP contribution in [0.15, 0.2) is 23.0 Å². The minimum atomic E-state index is -2.13. The van der Waals surface area contributed by atoms with E-state index in [4.69, 9.17) is 13.9 Å². The fraction of sp³-hybridized carbons (Fsp3) is 0.600. The van der Waals surface area contributed by atoms with E-state index < -0.39 is 25.8 Å². The van der Waals surface area contributed by atoms with Crippen LogP contribution >= 0.6 is 0 Å². The number of rotatable bonds is 8. The van der Waals surface area contributed by atoms with Crippen LogP contribution in [-0.4, -0.2) is 33.5 Å². The zero-order valence-corrected chi connectivity index (χ0v) is 18.8. The van der Waals surface area contributed by atoms with Crippen molar-refractivity contribution in [1.29, 1.82) is 0 Å². The smallest absolute Gasteiger partial charge is 0.358 e. The molecule has 1 aromatic heterocycles. The number of nitrogens with one attached hydrogen (secondary N) is 1. The van der Waals surface area contributed by atoms with Crippen molar-refractivity contribution in [3.8, 4) is 5.75 Å². The highest BCUT2D eigenvalue weighted by molar-refractivity contribution is 6.74. The number of methoxy groups -OCH3 is 2. The topological polar surface area (TPSA) is 77.6 Å². The molecule has 0 fully saturated rings. The summed E-state index contributed by atoms with van der Waals surface area (Å²) in [6, 6.07) is 1.44. The molecule has 1 N–H and O–H groups in total. The van der Waals surface area contributed by atoms with Crippen LogP contribution in [0.4, 0.5) is 0 Å². The van der Waals surface area contributed by atoms with Crippen LogP contribution in [0.5, 0.6) is 5.75 Å². The van der Waals surface area contributed by atoms with Gasteiger partial charge in [-0.2, -0.15) is 0 Å². The Labute approximate surface area is 163 Å². The van der Waals surface area contributed by atoms with Gasteiger partial charge in [-0.15, -0.1) is 0 Å². The second kappa shape index (κ2) is 8.88. The lowest BCUT2D eigenvalue weighted by Gasteiger charge is -2.39. The molecule has 27 heavy (non-hydrogen) atoms. The van der Waals surface area contributed by atoms with Gasteiger partial charge in [-0.05, 0) is 31.0 Å². The summed E-state index contributed by atoms with van der Waals surface area (Å²) in [5.74, 6) is -0.725. The first-order valence-electron chi connectivity index (χ1n) is 9.11. The normalized spacial score (nSPS) is 13.2. The molecule has 1 atom stereocenters. The average molecular weight is 396 g/mol. The maximum atomic E-state index is 12.5. The van der Waals surface area contributed by atoms with Gasteiger partial charge in [0.2, 0.25) is 5.43 Å². The predicted octanol–water partition coefficient (Wildman–Crippen LogP) is 4.59. The van der Waals surface area contributed by atoms with Gasteiger partial charge >= 0.3 is 5.97 Å². The highest BCUT2D eigenvalue weighted by Crippen LogP contribution is 2.41. The molecule has 7 heteroatoms. The van der Waals surface area contributed by atoms with Crippen LogP contribution < -0.4 is 10.2 Å². The summed E-state index contributed by atoms with van der Waals surface area (Å²) in [5, 5.41) is -0.00323. The summed E-state index contributed by atoms with van der Waals surface area (Å²) < 4.78 is 16.5. The van der Waals surface area contributed by atoms with Crippen molar-refractivity contribution < 1.29 is 18.7 Å². The van der Waals surface area contributed by atoms with E-state index in [1.54, 1.807) is 0 Å². The van der Waals surface area contributed by atoms with Crippen molar-refractivity contribution in [1.82, 2.24) is 4.98 Å². The SMILES string of the molecule is C=C(CC)CC(O[Si](C)(C)C(C)(C)C)c1cc(=O)c(OC)c(C(=O)OC)[nH]1. The first-order chi connectivity index (χ1) is 12.4. The van der Waals surface area contributed by atoms with Gasteiger partial charge in [-0.1, -0.05) is 39.8 Å². The second-order valence-electron chi connectivity index (χ2n) is 8.16. The summed E-state index contributed by atoms with van der Waals surface area (Å²) in [6.45, 7) is 16.9. The average Bonchev–Trinajstić information content (AvgIpc) is 2.58. The third-order valence-corrected chi connectivity index (χ3v) is 9.65. The van der Waals surface area contributed by atoms with Gasteiger partial charge in [-0.25, -0.2) is 4.79 Å². The largest absolute Gasteiger partial charge is 0.491 e. The van der Waals surface area contributed by atoms with E-state index in [-0.39, 0.29) is 16.5 Å². The van der Waals surface area contributed by atoms with Crippen LogP contribution in [0.1, 0.15) is 62.8 Å². The lowest BCUT2D eigenvalue weighted by molar-refractivity contribution is 0.0588. The number of ether oxygens (including phenoxy) is 2. The summed E-state index contributed by atoms with van der Waals surface area (Å²) >= 11 is 0. The van der Waals surface area contributed by atoms with Crippen molar-refractivity contribution >= 4 is 14.3 Å². The molecular weight excluding hydrogens is 362 g/mol. The number of H-pyrrole nitrogens is 1. The van der Waals surface area contributed by atoms with Crippen LogP contribution in [0, 0.1) is 0 Å². The molecule has 1 aromatic rings. The van der Waals surface area contributed by atoms with Crippen molar-refractivity contribution in [3.63, 3.8) is 0 Å². The molecule has 1 heterocycles. The van der Waals surface area contributed by atoms with Crippen molar-refractivity contribution in [2.24, 2.45) is 0 Å². The Morgan fingerprint density at radius 3 is 2.33 bits per heavy atom. The zero-order valence-electron chi connectivity index (χ0n) is 17.8. The molecule has 0 aliphatic rings. The number of hydrogen-bond acceptors (Lipinski definition) is 5. The van der Waals surface area contributed by atoms with Gasteiger partial charge in [-0.3, -0.25) is 4.79 Å². The second-order valence-corrected chi connectivity index (χ2v) is 12.9. The van der Waals surface area contributed by atoms with Gasteiger partial charge in [0.25, 0.3) is 0 Å². The van der Waals surface area contributed by atoms with Gasteiger partial charge in [0.05, 0.1) is 20.3 Å². The van der Waals surface area contributed by atoms with E-state index in [0.29, 0.717) is 12.1 Å². The molecule has 1 rings (SSSR count). The van der Waals surface area contributed by atoms with Crippen LogP contribution in [0.3, 0.4) is 0 Å². The molecule has 0 bridgehead atoms. The molecule has 1 unspecified atom stereocenters. The van der Waals surface area contributed by atoms with Crippen molar-refractivity contribution in [2.45, 2.75) is 64.8 Å².